The Morgan fingerprint density at radius 2 is 1.17 bits per heavy atom. The Hall–Kier alpha value is -0.850. The summed E-state index contributed by atoms with van der Waals surface area (Å²) in [5.41, 5.74) is 0. The zero-order chi connectivity index (χ0) is 17.3. The molecule has 9 heteroatoms. The van der Waals surface area contributed by atoms with Gasteiger partial charge in [-0.2, -0.15) is 26.3 Å². The van der Waals surface area contributed by atoms with Gasteiger partial charge in [0, 0.05) is 18.1 Å². The van der Waals surface area contributed by atoms with Gasteiger partial charge in [0.25, 0.3) is 0 Å². The quantitative estimate of drug-likeness (QED) is 0.335. The van der Waals surface area contributed by atoms with Crippen LogP contribution in [0.15, 0.2) is 30.3 Å². The molecular formula is C14H17F6O2P. The van der Waals surface area contributed by atoms with Crippen molar-refractivity contribution in [1.82, 2.24) is 0 Å². The van der Waals surface area contributed by atoms with Crippen LogP contribution in [0.2, 0.25) is 0 Å². The van der Waals surface area contributed by atoms with Gasteiger partial charge in [-0.25, -0.2) is 0 Å². The topological polar surface area (TPSA) is 18.5 Å². The molecule has 0 atom stereocenters. The summed E-state index contributed by atoms with van der Waals surface area (Å²) in [5.74, 6) is 0. The molecule has 132 valence electrons. The van der Waals surface area contributed by atoms with Crippen LogP contribution in [0.5, 0.6) is 0 Å². The third-order valence-corrected chi connectivity index (χ3v) is 4.15. The molecule has 2 nitrogen and oxygen atoms in total. The Balaban J connectivity index is 2.44. The molecular weight excluding hydrogens is 345 g/mol. The van der Waals surface area contributed by atoms with E-state index < -0.39 is 33.6 Å². The highest BCUT2D eigenvalue weighted by Crippen LogP contribution is 2.38. The van der Waals surface area contributed by atoms with Gasteiger partial charge in [0.15, 0.2) is 0 Å². The molecule has 0 aliphatic rings. The van der Waals surface area contributed by atoms with Gasteiger partial charge in [-0.05, 0) is 25.0 Å². The molecule has 0 N–H and O–H groups in total. The van der Waals surface area contributed by atoms with Gasteiger partial charge in [-0.1, -0.05) is 18.2 Å². The highest BCUT2D eigenvalue weighted by atomic mass is 31.2. The van der Waals surface area contributed by atoms with E-state index in [1.54, 1.807) is 30.3 Å². The summed E-state index contributed by atoms with van der Waals surface area (Å²) in [6.07, 6.45) is -10.9. The van der Waals surface area contributed by atoms with Crippen LogP contribution in [0.25, 0.3) is 0 Å². The summed E-state index contributed by atoms with van der Waals surface area (Å²) in [6.45, 7) is -0.335. The lowest BCUT2D eigenvalue weighted by atomic mass is 10.3. The first-order chi connectivity index (χ1) is 10.7. The Bertz CT molecular complexity index is 413. The second-order valence-electron chi connectivity index (χ2n) is 4.70. The third-order valence-electron chi connectivity index (χ3n) is 2.59. The van der Waals surface area contributed by atoms with E-state index in [1.165, 1.54) is 0 Å². The number of benzene rings is 1. The van der Waals surface area contributed by atoms with Crippen molar-refractivity contribution < 1.29 is 35.4 Å². The average Bonchev–Trinajstić information content (AvgIpc) is 2.44. The van der Waals surface area contributed by atoms with Gasteiger partial charge in [-0.15, -0.1) is 0 Å². The SMILES string of the molecule is FC(F)(F)CCCOP(OCCCC(F)(F)F)c1ccccc1. The fourth-order valence-corrected chi connectivity index (χ4v) is 2.95. The molecule has 0 saturated heterocycles. The molecule has 1 rings (SSSR count). The second kappa shape index (κ2) is 9.45. The van der Waals surface area contributed by atoms with E-state index in [-0.39, 0.29) is 26.1 Å². The Kier molecular flexibility index (Phi) is 8.29. The van der Waals surface area contributed by atoms with Crippen molar-refractivity contribution in [3.8, 4) is 0 Å². The monoisotopic (exact) mass is 362 g/mol. The normalized spacial score (nSPS) is 12.8. The molecule has 23 heavy (non-hydrogen) atoms. The molecule has 0 saturated carbocycles. The van der Waals surface area contributed by atoms with Crippen LogP contribution in [0.4, 0.5) is 26.3 Å². The average molecular weight is 362 g/mol. The molecule has 0 unspecified atom stereocenters. The van der Waals surface area contributed by atoms with E-state index in [4.69, 9.17) is 9.05 Å². The standard InChI is InChI=1S/C14H17F6O2P/c15-13(16,17)8-4-10-21-23(12-6-2-1-3-7-12)22-11-5-9-14(18,19)20/h1-3,6-7H,4-5,8-11H2. The maximum atomic E-state index is 12.1. The van der Waals surface area contributed by atoms with E-state index in [9.17, 15) is 26.3 Å². The molecule has 0 aliphatic carbocycles. The zero-order valence-corrected chi connectivity index (χ0v) is 13.1. The minimum absolute atomic E-state index is 0.167. The van der Waals surface area contributed by atoms with Crippen LogP contribution in [-0.2, 0) is 9.05 Å². The largest absolute Gasteiger partial charge is 0.389 e. The summed E-state index contributed by atoms with van der Waals surface area (Å²) >= 11 is 0. The molecule has 1 aromatic carbocycles. The van der Waals surface area contributed by atoms with Crippen molar-refractivity contribution in [3.63, 3.8) is 0 Å². The number of halogens is 6. The van der Waals surface area contributed by atoms with Gasteiger partial charge in [0.05, 0.1) is 13.2 Å². The Morgan fingerprint density at radius 3 is 1.57 bits per heavy atom. The lowest BCUT2D eigenvalue weighted by molar-refractivity contribution is -0.136. The van der Waals surface area contributed by atoms with Crippen LogP contribution in [-0.4, -0.2) is 25.6 Å². The van der Waals surface area contributed by atoms with Crippen LogP contribution in [0.1, 0.15) is 25.7 Å². The summed E-state index contributed by atoms with van der Waals surface area (Å²) in [6, 6.07) is 8.47. The lowest BCUT2D eigenvalue weighted by Crippen LogP contribution is -2.12. The number of rotatable bonds is 9. The lowest BCUT2D eigenvalue weighted by Gasteiger charge is -2.18. The molecule has 1 aromatic rings. The molecule has 0 bridgehead atoms. The van der Waals surface area contributed by atoms with Gasteiger partial charge in [0.2, 0.25) is 8.38 Å². The molecule has 0 heterocycles. The first kappa shape index (κ1) is 20.2. The van der Waals surface area contributed by atoms with Crippen molar-refractivity contribution in [2.45, 2.75) is 38.0 Å². The fraction of sp³-hybridized carbons (Fsp3) is 0.571. The minimum atomic E-state index is -4.26. The Morgan fingerprint density at radius 1 is 0.739 bits per heavy atom. The number of hydrogen-bond donors (Lipinski definition) is 0. The van der Waals surface area contributed by atoms with Crippen molar-refractivity contribution >= 4 is 13.7 Å². The molecule has 0 fully saturated rings. The van der Waals surface area contributed by atoms with Crippen molar-refractivity contribution in [2.75, 3.05) is 13.2 Å². The third kappa shape index (κ3) is 10.5. The van der Waals surface area contributed by atoms with Crippen LogP contribution >= 0.6 is 8.38 Å². The smallest absolute Gasteiger partial charge is 0.331 e. The molecule has 0 radical (unpaired) electrons. The fourth-order valence-electron chi connectivity index (χ4n) is 1.58. The molecule has 0 spiro atoms. The first-order valence-electron chi connectivity index (χ1n) is 6.92. The predicted molar refractivity (Wildman–Crippen MR) is 75.5 cm³/mol. The predicted octanol–water partition coefficient (Wildman–Crippen LogP) is 5.34. The van der Waals surface area contributed by atoms with E-state index in [1.807, 2.05) is 0 Å². The highest BCUT2D eigenvalue weighted by Gasteiger charge is 2.27. The first-order valence-corrected chi connectivity index (χ1v) is 8.10. The van der Waals surface area contributed by atoms with Crippen LogP contribution < -0.4 is 5.30 Å². The Labute approximate surface area is 131 Å². The minimum Gasteiger partial charge on any atom is -0.331 e. The van der Waals surface area contributed by atoms with E-state index in [0.29, 0.717) is 5.30 Å². The van der Waals surface area contributed by atoms with E-state index >= 15 is 0 Å². The summed E-state index contributed by atoms with van der Waals surface area (Å²) in [5, 5.41) is 0.613. The second-order valence-corrected chi connectivity index (χ2v) is 6.24. The van der Waals surface area contributed by atoms with E-state index in [2.05, 4.69) is 0 Å². The summed E-state index contributed by atoms with van der Waals surface area (Å²) < 4.78 is 83.1. The number of alkyl halides is 6. The molecule has 0 aromatic heterocycles. The maximum Gasteiger partial charge on any atom is 0.389 e. The summed E-state index contributed by atoms with van der Waals surface area (Å²) in [7, 11) is -1.69. The molecule has 0 amide bonds. The van der Waals surface area contributed by atoms with Crippen molar-refractivity contribution in [1.29, 1.82) is 0 Å². The van der Waals surface area contributed by atoms with Crippen LogP contribution in [0.3, 0.4) is 0 Å². The van der Waals surface area contributed by atoms with Crippen molar-refractivity contribution in [3.05, 3.63) is 30.3 Å². The van der Waals surface area contributed by atoms with Gasteiger partial charge >= 0.3 is 12.4 Å². The maximum absolute atomic E-state index is 12.1. The van der Waals surface area contributed by atoms with Crippen molar-refractivity contribution in [2.24, 2.45) is 0 Å². The number of hydrogen-bond acceptors (Lipinski definition) is 2. The van der Waals surface area contributed by atoms with Gasteiger partial charge in [0.1, 0.15) is 0 Å². The zero-order valence-electron chi connectivity index (χ0n) is 12.2. The van der Waals surface area contributed by atoms with Gasteiger partial charge in [-0.3, -0.25) is 0 Å². The highest BCUT2D eigenvalue weighted by molar-refractivity contribution is 7.56. The summed E-state index contributed by atoms with van der Waals surface area (Å²) in [4.78, 5) is 0. The molecule has 0 aliphatic heterocycles. The van der Waals surface area contributed by atoms with Crippen LogP contribution in [0, 0.1) is 0 Å². The van der Waals surface area contributed by atoms with E-state index in [0.717, 1.165) is 0 Å². The van der Waals surface area contributed by atoms with Gasteiger partial charge < -0.3 is 9.05 Å².